The Morgan fingerprint density at radius 3 is 2.50 bits per heavy atom. The number of carbonyl (C=O) groups is 1. The molecule has 0 atom stereocenters. The highest BCUT2D eigenvalue weighted by molar-refractivity contribution is 7.90. The van der Waals surface area contributed by atoms with Gasteiger partial charge in [0, 0.05) is 30.9 Å². The van der Waals surface area contributed by atoms with E-state index >= 15 is 0 Å². The highest BCUT2D eigenvalue weighted by Gasteiger charge is 2.23. The van der Waals surface area contributed by atoms with Crippen molar-refractivity contribution in [3.05, 3.63) is 71.9 Å². The zero-order valence-corrected chi connectivity index (χ0v) is 14.5. The average Bonchev–Trinajstić information content (AvgIpc) is 3.13. The van der Waals surface area contributed by atoms with Crippen LogP contribution in [0.15, 0.2) is 64.5 Å². The number of carbonyl (C=O) groups excluding carboxylic acids is 1. The van der Waals surface area contributed by atoms with E-state index in [4.69, 9.17) is 4.42 Å². The summed E-state index contributed by atoms with van der Waals surface area (Å²) in [5.74, 6) is -0.329. The fraction of sp³-hybridized carbons (Fsp3) is 0.176. The van der Waals surface area contributed by atoms with E-state index in [-0.39, 0.29) is 30.5 Å². The van der Waals surface area contributed by atoms with Crippen LogP contribution in [0.1, 0.15) is 21.8 Å². The van der Waals surface area contributed by atoms with Crippen LogP contribution in [0, 0.1) is 0 Å². The van der Waals surface area contributed by atoms with Gasteiger partial charge in [0.05, 0.1) is 5.75 Å². The van der Waals surface area contributed by atoms with E-state index in [0.717, 1.165) is 0 Å². The Labute approximate surface area is 150 Å². The van der Waals surface area contributed by atoms with Gasteiger partial charge in [-0.25, -0.2) is 8.42 Å². The molecular formula is C17H16N4O4S. The van der Waals surface area contributed by atoms with E-state index in [0.29, 0.717) is 11.1 Å². The second kappa shape index (κ2) is 7.87. The molecule has 0 spiro atoms. The van der Waals surface area contributed by atoms with Gasteiger partial charge in [0.15, 0.2) is 0 Å². The van der Waals surface area contributed by atoms with Gasteiger partial charge in [-0.3, -0.25) is 9.78 Å². The second-order valence-electron chi connectivity index (χ2n) is 5.45. The van der Waals surface area contributed by atoms with E-state index in [1.807, 2.05) is 0 Å². The molecule has 1 aromatic carbocycles. The lowest BCUT2D eigenvalue weighted by molar-refractivity contribution is 0.0953. The van der Waals surface area contributed by atoms with E-state index in [1.54, 1.807) is 42.5 Å². The molecule has 1 N–H and O–H groups in total. The van der Waals surface area contributed by atoms with Crippen LogP contribution < -0.4 is 5.32 Å². The second-order valence-corrected chi connectivity index (χ2v) is 7.32. The first-order valence-corrected chi connectivity index (χ1v) is 9.47. The Hall–Kier alpha value is -3.07. The minimum absolute atomic E-state index is 0.145. The zero-order valence-electron chi connectivity index (χ0n) is 13.7. The molecule has 0 bridgehead atoms. The van der Waals surface area contributed by atoms with Gasteiger partial charge < -0.3 is 9.73 Å². The third kappa shape index (κ3) is 4.51. The fourth-order valence-corrected chi connectivity index (χ4v) is 3.35. The summed E-state index contributed by atoms with van der Waals surface area (Å²) >= 11 is 0. The normalized spacial score (nSPS) is 11.2. The lowest BCUT2D eigenvalue weighted by Crippen LogP contribution is -2.25. The van der Waals surface area contributed by atoms with E-state index in [9.17, 15) is 13.2 Å². The molecule has 0 unspecified atom stereocenters. The Kier molecular flexibility index (Phi) is 5.37. The molecule has 134 valence electrons. The van der Waals surface area contributed by atoms with Gasteiger partial charge in [-0.15, -0.1) is 5.10 Å². The summed E-state index contributed by atoms with van der Waals surface area (Å²) in [6.45, 7) is 0.238. The third-order valence-electron chi connectivity index (χ3n) is 3.48. The summed E-state index contributed by atoms with van der Waals surface area (Å²) in [4.78, 5) is 15.7. The molecule has 0 aliphatic rings. The maximum Gasteiger partial charge on any atom is 0.335 e. The summed E-state index contributed by atoms with van der Waals surface area (Å²) in [7, 11) is -3.71. The highest BCUT2D eigenvalue weighted by Crippen LogP contribution is 2.15. The molecule has 0 radical (unpaired) electrons. The summed E-state index contributed by atoms with van der Waals surface area (Å²) in [6, 6.07) is 11.9. The van der Waals surface area contributed by atoms with E-state index in [1.165, 1.54) is 12.4 Å². The van der Waals surface area contributed by atoms with Gasteiger partial charge in [0.1, 0.15) is 0 Å². The van der Waals surface area contributed by atoms with Crippen molar-refractivity contribution in [3.63, 3.8) is 0 Å². The maximum atomic E-state index is 12.3. The molecular weight excluding hydrogens is 356 g/mol. The Bertz CT molecular complexity index is 972. The molecule has 0 aliphatic carbocycles. The Balaban J connectivity index is 1.57. The first-order valence-electron chi connectivity index (χ1n) is 7.82. The zero-order chi connectivity index (χ0) is 18.4. The van der Waals surface area contributed by atoms with Crippen molar-refractivity contribution in [2.45, 2.75) is 17.4 Å². The van der Waals surface area contributed by atoms with Crippen LogP contribution in [0.25, 0.3) is 0 Å². The summed E-state index contributed by atoms with van der Waals surface area (Å²) < 4.78 is 29.9. The summed E-state index contributed by atoms with van der Waals surface area (Å²) in [5, 5.41) is 9.62. The van der Waals surface area contributed by atoms with Crippen LogP contribution in [0.5, 0.6) is 0 Å². The fourth-order valence-electron chi connectivity index (χ4n) is 2.21. The van der Waals surface area contributed by atoms with Crippen molar-refractivity contribution in [1.82, 2.24) is 20.5 Å². The Morgan fingerprint density at radius 2 is 1.77 bits per heavy atom. The predicted molar refractivity (Wildman–Crippen MR) is 91.9 cm³/mol. The van der Waals surface area contributed by atoms with Crippen LogP contribution in [-0.4, -0.2) is 36.1 Å². The standard InChI is InChI=1S/C17H16N4O4S/c22-16(14-6-9-18-10-7-14)19-11-8-15-20-21-17(25-15)26(23,24)12-13-4-2-1-3-5-13/h1-7,9-10H,8,11-12H2,(H,19,22). The number of nitrogens with one attached hydrogen (secondary N) is 1. The third-order valence-corrected chi connectivity index (χ3v) is 4.89. The van der Waals surface area contributed by atoms with Crippen molar-refractivity contribution in [3.8, 4) is 0 Å². The number of hydrogen-bond donors (Lipinski definition) is 1. The smallest absolute Gasteiger partial charge is 0.335 e. The van der Waals surface area contributed by atoms with E-state index < -0.39 is 15.1 Å². The number of pyridine rings is 1. The average molecular weight is 372 g/mol. The number of aromatic nitrogens is 3. The van der Waals surface area contributed by atoms with Crippen LogP contribution in [-0.2, 0) is 22.0 Å². The molecule has 3 aromatic rings. The minimum Gasteiger partial charge on any atom is -0.412 e. The molecule has 0 aliphatic heterocycles. The summed E-state index contributed by atoms with van der Waals surface area (Å²) in [5.41, 5.74) is 1.12. The van der Waals surface area contributed by atoms with Gasteiger partial charge in [0.25, 0.3) is 5.91 Å². The molecule has 0 saturated carbocycles. The van der Waals surface area contributed by atoms with Crippen molar-refractivity contribution in [1.29, 1.82) is 0 Å². The lowest BCUT2D eigenvalue weighted by Gasteiger charge is -2.02. The predicted octanol–water partition coefficient (Wildman–Crippen LogP) is 1.41. The van der Waals surface area contributed by atoms with Crippen molar-refractivity contribution >= 4 is 15.7 Å². The molecule has 26 heavy (non-hydrogen) atoms. The number of rotatable bonds is 7. The van der Waals surface area contributed by atoms with Crippen LogP contribution in [0.2, 0.25) is 0 Å². The molecule has 3 rings (SSSR count). The minimum atomic E-state index is -3.71. The van der Waals surface area contributed by atoms with Crippen LogP contribution >= 0.6 is 0 Å². The first kappa shape index (κ1) is 17.7. The van der Waals surface area contributed by atoms with Crippen molar-refractivity contribution in [2.24, 2.45) is 0 Å². The van der Waals surface area contributed by atoms with E-state index in [2.05, 4.69) is 20.5 Å². The van der Waals surface area contributed by atoms with Gasteiger partial charge in [-0.1, -0.05) is 35.4 Å². The van der Waals surface area contributed by atoms with Crippen molar-refractivity contribution < 1.29 is 17.6 Å². The molecule has 2 heterocycles. The number of benzene rings is 1. The Morgan fingerprint density at radius 1 is 1.04 bits per heavy atom. The van der Waals surface area contributed by atoms with Gasteiger partial charge in [0.2, 0.25) is 15.7 Å². The maximum absolute atomic E-state index is 12.3. The van der Waals surface area contributed by atoms with Crippen LogP contribution in [0.4, 0.5) is 0 Å². The lowest BCUT2D eigenvalue weighted by atomic mass is 10.2. The molecule has 0 saturated heterocycles. The first-order chi connectivity index (χ1) is 12.5. The number of amides is 1. The van der Waals surface area contributed by atoms with Gasteiger partial charge >= 0.3 is 5.22 Å². The van der Waals surface area contributed by atoms with Gasteiger partial charge in [-0.05, 0) is 17.7 Å². The quantitative estimate of drug-likeness (QED) is 0.667. The van der Waals surface area contributed by atoms with Crippen LogP contribution in [0.3, 0.4) is 0 Å². The van der Waals surface area contributed by atoms with Crippen molar-refractivity contribution in [2.75, 3.05) is 6.54 Å². The molecule has 9 heteroatoms. The highest BCUT2D eigenvalue weighted by atomic mass is 32.2. The molecule has 1 amide bonds. The number of sulfone groups is 1. The SMILES string of the molecule is O=C(NCCc1nnc(S(=O)(=O)Cc2ccccc2)o1)c1ccncc1. The van der Waals surface area contributed by atoms with Gasteiger partial charge in [-0.2, -0.15) is 0 Å². The monoisotopic (exact) mass is 372 g/mol. The molecule has 0 fully saturated rings. The summed E-state index contributed by atoms with van der Waals surface area (Å²) in [6.07, 6.45) is 3.28. The topological polar surface area (TPSA) is 115 Å². The molecule has 2 aromatic heterocycles. The largest absolute Gasteiger partial charge is 0.412 e. The molecule has 8 nitrogen and oxygen atoms in total. The number of nitrogens with zero attached hydrogens (tertiary/aromatic N) is 3. The number of hydrogen-bond acceptors (Lipinski definition) is 7.